The van der Waals surface area contributed by atoms with Gasteiger partial charge in [0, 0.05) is 24.7 Å². The van der Waals surface area contributed by atoms with Gasteiger partial charge in [-0.2, -0.15) is 0 Å². The standard InChI is InChI=1S/C21H31N3O2/c1-16-4-7-19(8-5-16)24-14-17(2)23(15-21(24)26)20(25)9-6-18-10-12-22(3)13-11-18/h4-5,7-8,17-18H,6,9-15H2,1-3H3/t17-/m0/s1. The highest BCUT2D eigenvalue weighted by Gasteiger charge is 2.33. The number of hydrogen-bond acceptors (Lipinski definition) is 3. The first-order chi connectivity index (χ1) is 12.4. The molecule has 0 aromatic heterocycles. The molecule has 0 bridgehead atoms. The number of hydrogen-bond donors (Lipinski definition) is 0. The minimum absolute atomic E-state index is 0.0135. The predicted octanol–water partition coefficient (Wildman–Crippen LogP) is 2.68. The van der Waals surface area contributed by atoms with Crippen molar-refractivity contribution in [3.8, 4) is 0 Å². The number of anilines is 1. The number of aryl methyl sites for hydroxylation is 1. The molecule has 5 nitrogen and oxygen atoms in total. The molecule has 0 aliphatic carbocycles. The van der Waals surface area contributed by atoms with Gasteiger partial charge < -0.3 is 14.7 Å². The fraction of sp³-hybridized carbons (Fsp3) is 0.619. The van der Waals surface area contributed by atoms with Crippen LogP contribution in [0.2, 0.25) is 0 Å². The van der Waals surface area contributed by atoms with Crippen molar-refractivity contribution in [1.82, 2.24) is 9.80 Å². The number of piperazine rings is 1. The second kappa shape index (κ2) is 8.21. The molecular weight excluding hydrogens is 326 g/mol. The van der Waals surface area contributed by atoms with Crippen LogP contribution in [0.5, 0.6) is 0 Å². The van der Waals surface area contributed by atoms with Crippen molar-refractivity contribution in [3.05, 3.63) is 29.8 Å². The van der Waals surface area contributed by atoms with Crippen LogP contribution in [0, 0.1) is 12.8 Å². The number of benzene rings is 1. The molecule has 0 saturated carbocycles. The predicted molar refractivity (Wildman–Crippen MR) is 104 cm³/mol. The number of carbonyl (C=O) groups is 2. The summed E-state index contributed by atoms with van der Waals surface area (Å²) in [5.74, 6) is 0.794. The highest BCUT2D eigenvalue weighted by Crippen LogP contribution is 2.24. The average Bonchev–Trinajstić information content (AvgIpc) is 2.63. The van der Waals surface area contributed by atoms with Crippen molar-refractivity contribution in [2.75, 3.05) is 38.1 Å². The summed E-state index contributed by atoms with van der Waals surface area (Å²) in [5, 5.41) is 0. The number of piperidine rings is 1. The number of carbonyl (C=O) groups excluding carboxylic acids is 2. The summed E-state index contributed by atoms with van der Waals surface area (Å²) in [4.78, 5) is 31.2. The lowest BCUT2D eigenvalue weighted by Gasteiger charge is -2.39. The van der Waals surface area contributed by atoms with Crippen LogP contribution in [0.25, 0.3) is 0 Å². The SMILES string of the molecule is Cc1ccc(N2C[C@H](C)N(C(=O)CCC3CCN(C)CC3)CC2=O)cc1. The van der Waals surface area contributed by atoms with Gasteiger partial charge in [-0.05, 0) is 71.3 Å². The molecular formula is C21H31N3O2. The third-order valence-corrected chi connectivity index (χ3v) is 5.86. The van der Waals surface area contributed by atoms with Crippen LogP contribution in [0.1, 0.15) is 38.2 Å². The van der Waals surface area contributed by atoms with Crippen LogP contribution in [0.3, 0.4) is 0 Å². The maximum absolute atomic E-state index is 12.7. The van der Waals surface area contributed by atoms with Gasteiger partial charge in [0.1, 0.15) is 6.54 Å². The topological polar surface area (TPSA) is 43.9 Å². The molecule has 2 aliphatic heterocycles. The van der Waals surface area contributed by atoms with Crippen molar-refractivity contribution in [3.63, 3.8) is 0 Å². The first kappa shape index (κ1) is 18.9. The van der Waals surface area contributed by atoms with Crippen LogP contribution < -0.4 is 4.90 Å². The van der Waals surface area contributed by atoms with Crippen LogP contribution in [-0.4, -0.2) is 60.9 Å². The number of rotatable bonds is 4. The number of amides is 2. The Bertz CT molecular complexity index is 635. The molecule has 26 heavy (non-hydrogen) atoms. The maximum Gasteiger partial charge on any atom is 0.246 e. The number of likely N-dealkylation sites (tertiary alicyclic amines) is 1. The van der Waals surface area contributed by atoms with Crippen molar-refractivity contribution < 1.29 is 9.59 Å². The summed E-state index contributed by atoms with van der Waals surface area (Å²) in [7, 11) is 2.15. The summed E-state index contributed by atoms with van der Waals surface area (Å²) < 4.78 is 0. The zero-order chi connectivity index (χ0) is 18.7. The van der Waals surface area contributed by atoms with Crippen molar-refractivity contribution in [1.29, 1.82) is 0 Å². The largest absolute Gasteiger partial charge is 0.329 e. The minimum Gasteiger partial charge on any atom is -0.329 e. The highest BCUT2D eigenvalue weighted by molar-refractivity contribution is 5.98. The molecule has 2 amide bonds. The van der Waals surface area contributed by atoms with Crippen LogP contribution in [-0.2, 0) is 9.59 Å². The molecule has 0 unspecified atom stereocenters. The minimum atomic E-state index is 0.0135. The van der Waals surface area contributed by atoms with Gasteiger partial charge in [0.2, 0.25) is 11.8 Å². The molecule has 2 heterocycles. The van der Waals surface area contributed by atoms with E-state index in [0.717, 1.165) is 25.2 Å². The van der Waals surface area contributed by atoms with Crippen molar-refractivity contribution >= 4 is 17.5 Å². The van der Waals surface area contributed by atoms with E-state index >= 15 is 0 Å². The Labute approximate surface area is 156 Å². The van der Waals surface area contributed by atoms with E-state index in [1.165, 1.54) is 18.4 Å². The third-order valence-electron chi connectivity index (χ3n) is 5.86. The van der Waals surface area contributed by atoms with E-state index in [1.54, 1.807) is 4.90 Å². The molecule has 0 radical (unpaired) electrons. The van der Waals surface area contributed by atoms with E-state index in [-0.39, 0.29) is 24.4 Å². The van der Waals surface area contributed by atoms with Gasteiger partial charge in [0.25, 0.3) is 0 Å². The summed E-state index contributed by atoms with van der Waals surface area (Å²) in [5.41, 5.74) is 2.10. The monoisotopic (exact) mass is 357 g/mol. The Kier molecular flexibility index (Phi) is 5.97. The van der Waals surface area contributed by atoms with Crippen molar-refractivity contribution in [2.45, 2.75) is 45.6 Å². The van der Waals surface area contributed by atoms with Gasteiger partial charge in [-0.25, -0.2) is 0 Å². The van der Waals surface area contributed by atoms with Gasteiger partial charge in [-0.1, -0.05) is 17.7 Å². The Morgan fingerprint density at radius 1 is 1.15 bits per heavy atom. The lowest BCUT2D eigenvalue weighted by atomic mass is 9.92. The lowest BCUT2D eigenvalue weighted by Crippen LogP contribution is -2.57. The van der Waals surface area contributed by atoms with E-state index in [2.05, 4.69) is 11.9 Å². The van der Waals surface area contributed by atoms with E-state index in [1.807, 2.05) is 43.0 Å². The van der Waals surface area contributed by atoms with Crippen molar-refractivity contribution in [2.24, 2.45) is 5.92 Å². The normalized spacial score (nSPS) is 22.7. The van der Waals surface area contributed by atoms with Crippen LogP contribution in [0.15, 0.2) is 24.3 Å². The first-order valence-electron chi connectivity index (χ1n) is 9.79. The molecule has 0 N–H and O–H groups in total. The summed E-state index contributed by atoms with van der Waals surface area (Å²) in [6, 6.07) is 8.06. The Balaban J connectivity index is 1.54. The molecule has 142 valence electrons. The summed E-state index contributed by atoms with van der Waals surface area (Å²) in [6.45, 7) is 7.10. The van der Waals surface area contributed by atoms with E-state index in [4.69, 9.17) is 0 Å². The Morgan fingerprint density at radius 3 is 2.46 bits per heavy atom. The average molecular weight is 357 g/mol. The van der Waals surface area contributed by atoms with E-state index in [9.17, 15) is 9.59 Å². The maximum atomic E-state index is 12.7. The zero-order valence-electron chi connectivity index (χ0n) is 16.3. The van der Waals surface area contributed by atoms with E-state index < -0.39 is 0 Å². The van der Waals surface area contributed by atoms with Gasteiger partial charge in [0.05, 0.1) is 0 Å². The molecule has 3 rings (SSSR count). The fourth-order valence-electron chi connectivity index (χ4n) is 3.98. The smallest absolute Gasteiger partial charge is 0.246 e. The summed E-state index contributed by atoms with van der Waals surface area (Å²) in [6.07, 6.45) is 3.88. The Hall–Kier alpha value is -1.88. The highest BCUT2D eigenvalue weighted by atomic mass is 16.2. The molecule has 1 atom stereocenters. The molecule has 2 saturated heterocycles. The molecule has 0 spiro atoms. The van der Waals surface area contributed by atoms with Gasteiger partial charge in [0.15, 0.2) is 0 Å². The molecule has 5 heteroatoms. The summed E-state index contributed by atoms with van der Waals surface area (Å²) >= 11 is 0. The quantitative estimate of drug-likeness (QED) is 0.832. The van der Waals surface area contributed by atoms with Crippen LogP contribution in [0.4, 0.5) is 5.69 Å². The van der Waals surface area contributed by atoms with Gasteiger partial charge in [-0.15, -0.1) is 0 Å². The molecule has 2 aliphatic rings. The van der Waals surface area contributed by atoms with Crippen LogP contribution >= 0.6 is 0 Å². The Morgan fingerprint density at radius 2 is 1.81 bits per heavy atom. The zero-order valence-corrected chi connectivity index (χ0v) is 16.3. The second-order valence-corrected chi connectivity index (χ2v) is 8.00. The first-order valence-corrected chi connectivity index (χ1v) is 9.79. The van der Waals surface area contributed by atoms with E-state index in [0.29, 0.717) is 18.9 Å². The van der Waals surface area contributed by atoms with Gasteiger partial charge in [-0.3, -0.25) is 9.59 Å². The molecule has 2 fully saturated rings. The fourth-order valence-corrected chi connectivity index (χ4v) is 3.98. The third kappa shape index (κ3) is 4.44. The lowest BCUT2D eigenvalue weighted by molar-refractivity contribution is -0.139. The number of nitrogens with zero attached hydrogens (tertiary/aromatic N) is 3. The van der Waals surface area contributed by atoms with Gasteiger partial charge >= 0.3 is 0 Å². The molecule has 1 aromatic carbocycles. The molecule has 1 aromatic rings. The second-order valence-electron chi connectivity index (χ2n) is 8.00.